The van der Waals surface area contributed by atoms with Crippen LogP contribution in [0.1, 0.15) is 0 Å². The maximum atomic E-state index is 8.87. The van der Waals surface area contributed by atoms with Gasteiger partial charge in [0.2, 0.25) is 0 Å². The molecule has 1 radical (unpaired) electrons. The van der Waals surface area contributed by atoms with Crippen LogP contribution in [0.3, 0.4) is 0 Å². The van der Waals surface area contributed by atoms with Gasteiger partial charge in [0.15, 0.2) is 0 Å². The molecule has 0 spiro atoms. The molecular formula is H2MnO5W. The van der Waals surface area contributed by atoms with E-state index in [4.69, 9.17) is 14.3 Å². The maximum absolute atomic E-state index is 8.87. The van der Waals surface area contributed by atoms with Crippen LogP contribution in [0.15, 0.2) is 0 Å². The fourth-order valence-corrected chi connectivity index (χ4v) is 0. The third-order valence-corrected chi connectivity index (χ3v) is 0. The summed E-state index contributed by atoms with van der Waals surface area (Å²) in [6, 6.07) is 0. The molecule has 0 saturated carbocycles. The Bertz CT molecular complexity index is 91.2. The van der Waals surface area contributed by atoms with Crippen molar-refractivity contribution in [1.82, 2.24) is 0 Å². The van der Waals surface area contributed by atoms with Crippen LogP contribution in [0.2, 0.25) is 0 Å². The van der Waals surface area contributed by atoms with Gasteiger partial charge >= 0.3 is 48.1 Å². The van der Waals surface area contributed by atoms with Crippen LogP contribution in [0, 0.1) is 0 Å². The van der Waals surface area contributed by atoms with E-state index in [2.05, 4.69) is 0 Å². The molecule has 0 amide bonds. The van der Waals surface area contributed by atoms with Crippen LogP contribution in [-0.2, 0) is 46.1 Å². The van der Waals surface area contributed by atoms with E-state index in [-0.39, 0.29) is 22.5 Å². The SMILES string of the molecule is [Mn+2].[O-2].[O]=[W](=[O])([OH])[OH]. The Labute approximate surface area is 53.8 Å². The molecule has 45 valence electrons. The minimum atomic E-state index is -5.67. The molecule has 2 N–H and O–H groups in total. The Morgan fingerprint density at radius 2 is 1.14 bits per heavy atom. The Morgan fingerprint density at radius 1 is 1.14 bits per heavy atom. The zero-order valence-electron chi connectivity index (χ0n) is 2.91. The fourth-order valence-electron chi connectivity index (χ4n) is 0. The second-order valence-electron chi connectivity index (χ2n) is 0.448. The number of hydrogen-bond acceptors (Lipinski definition) is 2. The predicted molar refractivity (Wildman–Crippen MR) is 6.50 cm³/mol. The van der Waals surface area contributed by atoms with E-state index >= 15 is 0 Å². The molecule has 7 heteroatoms. The van der Waals surface area contributed by atoms with E-state index in [0.29, 0.717) is 0 Å². The van der Waals surface area contributed by atoms with Gasteiger partial charge in [-0.1, -0.05) is 0 Å². The van der Waals surface area contributed by atoms with Crippen molar-refractivity contribution in [3.63, 3.8) is 0 Å². The van der Waals surface area contributed by atoms with Crippen LogP contribution in [0.5, 0.6) is 0 Å². The van der Waals surface area contributed by atoms with Gasteiger partial charge in [-0.25, -0.2) is 0 Å². The summed E-state index contributed by atoms with van der Waals surface area (Å²) in [4.78, 5) is 0. The monoisotopic (exact) mass is 321 g/mol. The van der Waals surface area contributed by atoms with Crippen molar-refractivity contribution in [1.29, 1.82) is 0 Å². The minimum absolute atomic E-state index is 0. The molecule has 0 aromatic rings. The molecule has 0 saturated heterocycles. The average molecular weight is 321 g/mol. The summed E-state index contributed by atoms with van der Waals surface area (Å²) in [7, 11) is 0. The quantitative estimate of drug-likeness (QED) is 0.531. The molecule has 5 nitrogen and oxygen atoms in total. The van der Waals surface area contributed by atoms with Gasteiger partial charge in [-0.15, -0.1) is 0 Å². The summed E-state index contributed by atoms with van der Waals surface area (Å²) >= 11 is -5.67. The van der Waals surface area contributed by atoms with Crippen LogP contribution >= 0.6 is 0 Å². The Balaban J connectivity index is -0.0000000800. The molecule has 0 aliphatic carbocycles. The van der Waals surface area contributed by atoms with Crippen molar-refractivity contribution in [2.45, 2.75) is 0 Å². The third-order valence-electron chi connectivity index (χ3n) is 0. The predicted octanol–water partition coefficient (Wildman–Crippen LogP) is -1.48. The standard InChI is InChI=1S/Mn.2H2O.3O.W/h;2*1H2;;;;/q+2;;;;;-2;+2/p-2. The first-order chi connectivity index (χ1) is 2.00. The molecule has 0 fully saturated rings. The molecule has 7 heavy (non-hydrogen) atoms. The zero-order chi connectivity index (χ0) is 4.50. The Kier molecular flexibility index (Phi) is 10.8. The summed E-state index contributed by atoms with van der Waals surface area (Å²) in [5.41, 5.74) is 0. The van der Waals surface area contributed by atoms with Crippen molar-refractivity contribution in [2.24, 2.45) is 0 Å². The van der Waals surface area contributed by atoms with E-state index < -0.39 is 16.7 Å². The molecule has 0 aliphatic heterocycles. The van der Waals surface area contributed by atoms with Gasteiger partial charge in [0.25, 0.3) is 0 Å². The summed E-state index contributed by atoms with van der Waals surface area (Å²) in [5, 5.41) is 0. The average Bonchev–Trinajstić information content (AvgIpc) is 0.722. The third kappa shape index (κ3) is 311. The summed E-state index contributed by atoms with van der Waals surface area (Å²) in [6.07, 6.45) is 0. The Morgan fingerprint density at radius 3 is 1.14 bits per heavy atom. The Hall–Kier alpha value is 0.688. The first-order valence-corrected chi connectivity index (χ1v) is 5.72. The van der Waals surface area contributed by atoms with Gasteiger partial charge in [-0.2, -0.15) is 0 Å². The summed E-state index contributed by atoms with van der Waals surface area (Å²) in [6.45, 7) is 0. The second kappa shape index (κ2) is 4.84. The van der Waals surface area contributed by atoms with Crippen molar-refractivity contribution in [3.8, 4) is 0 Å². The molecule has 0 aromatic carbocycles. The molecule has 0 unspecified atom stereocenters. The van der Waals surface area contributed by atoms with Gasteiger partial charge in [0, 0.05) is 0 Å². The zero-order valence-corrected chi connectivity index (χ0v) is 7.02. The molecule has 0 rings (SSSR count). The van der Waals surface area contributed by atoms with Crippen molar-refractivity contribution in [3.05, 3.63) is 0 Å². The molecule has 0 heterocycles. The van der Waals surface area contributed by atoms with Crippen LogP contribution in [0.25, 0.3) is 0 Å². The first-order valence-electron chi connectivity index (χ1n) is 0.698. The van der Waals surface area contributed by atoms with Crippen LogP contribution < -0.4 is 0 Å². The summed E-state index contributed by atoms with van der Waals surface area (Å²) < 4.78 is 32.1. The van der Waals surface area contributed by atoms with Gasteiger partial charge in [0.1, 0.15) is 0 Å². The van der Waals surface area contributed by atoms with Crippen molar-refractivity contribution in [2.75, 3.05) is 0 Å². The normalized spacial score (nSPS) is 8.29. The topological polar surface area (TPSA) is 103 Å². The molecule has 0 aliphatic rings. The van der Waals surface area contributed by atoms with E-state index in [9.17, 15) is 0 Å². The van der Waals surface area contributed by atoms with Crippen LogP contribution in [-0.4, -0.2) is 7.52 Å². The fraction of sp³-hybridized carbons (Fsp3) is 0. The summed E-state index contributed by atoms with van der Waals surface area (Å²) in [5.74, 6) is 0. The molecular weight excluding hydrogens is 319 g/mol. The van der Waals surface area contributed by atoms with Gasteiger partial charge < -0.3 is 5.48 Å². The van der Waals surface area contributed by atoms with Crippen molar-refractivity contribution < 1.29 is 53.6 Å². The molecule has 0 atom stereocenters. The molecule has 0 aromatic heterocycles. The second-order valence-corrected chi connectivity index (χ2v) is 3.67. The van der Waals surface area contributed by atoms with E-state index in [1.807, 2.05) is 0 Å². The van der Waals surface area contributed by atoms with E-state index in [1.54, 1.807) is 0 Å². The van der Waals surface area contributed by atoms with Gasteiger partial charge in [-0.3, -0.25) is 0 Å². The number of hydrogen-bond donors (Lipinski definition) is 2. The number of rotatable bonds is 0. The van der Waals surface area contributed by atoms with Gasteiger partial charge in [-0.05, 0) is 0 Å². The van der Waals surface area contributed by atoms with Gasteiger partial charge in [0.05, 0.1) is 0 Å². The first kappa shape index (κ1) is 15.6. The van der Waals surface area contributed by atoms with Crippen LogP contribution in [0.4, 0.5) is 0 Å². The van der Waals surface area contributed by atoms with E-state index in [1.165, 1.54) is 0 Å². The van der Waals surface area contributed by atoms with E-state index in [0.717, 1.165) is 0 Å². The van der Waals surface area contributed by atoms with Crippen molar-refractivity contribution >= 4 is 0 Å². The molecule has 0 bridgehead atoms.